The van der Waals surface area contributed by atoms with Gasteiger partial charge < -0.3 is 5.32 Å². The Morgan fingerprint density at radius 1 is 1.29 bits per heavy atom. The van der Waals surface area contributed by atoms with Gasteiger partial charge in [-0.2, -0.15) is 0 Å². The monoisotopic (exact) mass is 316 g/mol. The van der Waals surface area contributed by atoms with Gasteiger partial charge in [-0.15, -0.1) is 0 Å². The van der Waals surface area contributed by atoms with Crippen molar-refractivity contribution in [2.75, 3.05) is 5.32 Å². The summed E-state index contributed by atoms with van der Waals surface area (Å²) >= 11 is 0. The zero-order valence-corrected chi connectivity index (χ0v) is 13.0. The van der Waals surface area contributed by atoms with E-state index in [0.717, 1.165) is 31.7 Å². The number of carbonyl (C=O) groups is 1. The second-order valence-corrected chi connectivity index (χ2v) is 6.51. The Bertz CT molecular complexity index is 596. The van der Waals surface area contributed by atoms with Crippen molar-refractivity contribution in [1.29, 1.82) is 0 Å². The summed E-state index contributed by atoms with van der Waals surface area (Å²) in [5.74, 6) is -1.24. The van der Waals surface area contributed by atoms with Crippen LogP contribution in [0.25, 0.3) is 0 Å². The molecule has 0 aromatic heterocycles. The zero-order chi connectivity index (χ0) is 16.0. The lowest BCUT2D eigenvalue weighted by molar-refractivity contribution is -0.120. The molecule has 0 atom stereocenters. The number of hydrogen-bond donors (Lipinski definition) is 2. The van der Waals surface area contributed by atoms with Gasteiger partial charge in [-0.05, 0) is 31.0 Å². The Morgan fingerprint density at radius 2 is 1.86 bits per heavy atom. The van der Waals surface area contributed by atoms with Crippen LogP contribution < -0.4 is 10.5 Å². The molecule has 0 aliphatic carbocycles. The number of anilines is 1. The molecule has 0 aliphatic rings. The van der Waals surface area contributed by atoms with Crippen LogP contribution in [0.4, 0.5) is 10.1 Å². The molecule has 3 N–H and O–H groups in total. The maximum absolute atomic E-state index is 13.8. The highest BCUT2D eigenvalue weighted by atomic mass is 32.2. The summed E-state index contributed by atoms with van der Waals surface area (Å²) in [6.07, 6.45) is 3.20. The molecule has 1 aromatic rings. The third-order valence-corrected chi connectivity index (χ3v) is 4.08. The number of halogens is 1. The molecule has 0 unspecified atom stereocenters. The summed E-state index contributed by atoms with van der Waals surface area (Å²) in [5, 5.41) is 7.43. The Hall–Kier alpha value is -1.47. The van der Waals surface area contributed by atoms with Crippen molar-refractivity contribution in [1.82, 2.24) is 0 Å². The van der Waals surface area contributed by atoms with E-state index < -0.39 is 15.8 Å². The van der Waals surface area contributed by atoms with Crippen LogP contribution in [0.5, 0.6) is 0 Å². The van der Waals surface area contributed by atoms with Crippen LogP contribution in [-0.2, 0) is 14.8 Å². The van der Waals surface area contributed by atoms with Crippen LogP contribution >= 0.6 is 0 Å². The predicted molar refractivity (Wildman–Crippen MR) is 79.7 cm³/mol. The molecule has 0 radical (unpaired) electrons. The largest absolute Gasteiger partial charge is 0.323 e. The maximum Gasteiger partial charge on any atom is 0.238 e. The van der Waals surface area contributed by atoms with Crippen LogP contribution in [0.2, 0.25) is 0 Å². The highest BCUT2D eigenvalue weighted by Gasteiger charge is 2.19. The molecular weight excluding hydrogens is 295 g/mol. The van der Waals surface area contributed by atoms with Crippen LogP contribution in [0.15, 0.2) is 23.1 Å². The minimum absolute atomic E-state index is 0.0374. The zero-order valence-electron chi connectivity index (χ0n) is 12.2. The molecular formula is C14H21FN2O3S. The topological polar surface area (TPSA) is 89.3 Å². The van der Waals surface area contributed by atoms with E-state index >= 15 is 0 Å². The summed E-state index contributed by atoms with van der Waals surface area (Å²) in [4.78, 5) is 11.8. The molecule has 5 nitrogen and oxygen atoms in total. The minimum Gasteiger partial charge on any atom is -0.323 e. The van der Waals surface area contributed by atoms with Gasteiger partial charge in [0.1, 0.15) is 5.82 Å². The van der Waals surface area contributed by atoms with E-state index in [0.29, 0.717) is 0 Å². The molecule has 0 aliphatic heterocycles. The molecule has 0 bridgehead atoms. The van der Waals surface area contributed by atoms with Gasteiger partial charge in [-0.3, -0.25) is 4.79 Å². The van der Waals surface area contributed by atoms with Gasteiger partial charge in [-0.1, -0.05) is 26.7 Å². The van der Waals surface area contributed by atoms with Gasteiger partial charge in [0, 0.05) is 5.92 Å². The third-order valence-electron chi connectivity index (χ3n) is 3.17. The Morgan fingerprint density at radius 3 is 2.29 bits per heavy atom. The Labute approximate surface area is 124 Å². The van der Waals surface area contributed by atoms with Crippen molar-refractivity contribution in [2.24, 2.45) is 11.1 Å². The first-order valence-electron chi connectivity index (χ1n) is 6.92. The van der Waals surface area contributed by atoms with Gasteiger partial charge in [0.15, 0.2) is 0 Å². The quantitative estimate of drug-likeness (QED) is 0.810. The highest BCUT2D eigenvalue weighted by molar-refractivity contribution is 7.89. The lowest BCUT2D eigenvalue weighted by Crippen LogP contribution is -2.23. The summed E-state index contributed by atoms with van der Waals surface area (Å²) in [5.41, 5.74) is -0.0374. The molecule has 21 heavy (non-hydrogen) atoms. The Kier molecular flexibility index (Phi) is 6.29. The lowest BCUT2D eigenvalue weighted by Gasteiger charge is -2.15. The smallest absolute Gasteiger partial charge is 0.238 e. The van der Waals surface area contributed by atoms with Crippen molar-refractivity contribution >= 4 is 21.6 Å². The van der Waals surface area contributed by atoms with Crippen LogP contribution in [0.3, 0.4) is 0 Å². The normalized spacial score (nSPS) is 11.7. The molecule has 0 fully saturated rings. The molecule has 1 amide bonds. The average Bonchev–Trinajstić information content (AvgIpc) is 2.39. The summed E-state index contributed by atoms with van der Waals surface area (Å²) in [7, 11) is -3.96. The average molecular weight is 316 g/mol. The second kappa shape index (κ2) is 7.51. The van der Waals surface area contributed by atoms with Gasteiger partial charge in [0.05, 0.1) is 10.6 Å². The van der Waals surface area contributed by atoms with E-state index in [9.17, 15) is 17.6 Å². The van der Waals surface area contributed by atoms with Crippen molar-refractivity contribution in [3.63, 3.8) is 0 Å². The molecule has 0 saturated carbocycles. The van der Waals surface area contributed by atoms with Crippen molar-refractivity contribution < 1.29 is 17.6 Å². The van der Waals surface area contributed by atoms with Crippen molar-refractivity contribution in [3.8, 4) is 0 Å². The number of sulfonamides is 1. The fourth-order valence-electron chi connectivity index (χ4n) is 2.11. The number of primary sulfonamides is 1. The molecule has 0 saturated heterocycles. The third kappa shape index (κ3) is 5.09. The van der Waals surface area contributed by atoms with Crippen molar-refractivity contribution in [2.45, 2.75) is 44.4 Å². The highest BCUT2D eigenvalue weighted by Crippen LogP contribution is 2.21. The molecule has 118 valence electrons. The van der Waals surface area contributed by atoms with Crippen molar-refractivity contribution in [3.05, 3.63) is 24.0 Å². The number of hydrogen-bond acceptors (Lipinski definition) is 3. The number of benzene rings is 1. The number of rotatable bonds is 7. The van der Waals surface area contributed by atoms with Gasteiger partial charge >= 0.3 is 0 Å². The predicted octanol–water partition coefficient (Wildman–Crippen LogP) is 2.63. The fraction of sp³-hybridized carbons (Fsp3) is 0.500. The molecule has 1 rings (SSSR count). The fourth-order valence-corrected chi connectivity index (χ4v) is 2.64. The molecule has 0 spiro atoms. The molecule has 1 aromatic carbocycles. The van der Waals surface area contributed by atoms with E-state index in [1.807, 2.05) is 13.8 Å². The number of amides is 1. The van der Waals surface area contributed by atoms with Gasteiger partial charge in [-0.25, -0.2) is 17.9 Å². The Balaban J connectivity index is 2.90. The van der Waals surface area contributed by atoms with Crippen LogP contribution in [0.1, 0.15) is 39.5 Å². The first-order chi connectivity index (χ1) is 9.79. The summed E-state index contributed by atoms with van der Waals surface area (Å²) in [6.45, 7) is 3.97. The van der Waals surface area contributed by atoms with Gasteiger partial charge in [0.2, 0.25) is 15.9 Å². The lowest BCUT2D eigenvalue weighted by atomic mass is 9.97. The standard InChI is InChI=1S/C14H21FN2O3S/c1-3-5-10(6-4-2)14(18)17-13-8-7-11(9-12(13)15)21(16,19)20/h7-10H,3-6H2,1-2H3,(H,17,18)(H2,16,19,20). The van der Waals surface area contributed by atoms with Gasteiger partial charge in [0.25, 0.3) is 0 Å². The van der Waals surface area contributed by atoms with Crippen LogP contribution in [-0.4, -0.2) is 14.3 Å². The number of carbonyl (C=O) groups excluding carboxylic acids is 1. The summed E-state index contributed by atoms with van der Waals surface area (Å²) in [6, 6.07) is 3.18. The van der Waals surface area contributed by atoms with E-state index in [2.05, 4.69) is 5.32 Å². The van der Waals surface area contributed by atoms with E-state index in [1.54, 1.807) is 0 Å². The molecule has 7 heteroatoms. The van der Waals surface area contributed by atoms with Crippen LogP contribution in [0, 0.1) is 11.7 Å². The molecule has 0 heterocycles. The SMILES string of the molecule is CCCC(CCC)C(=O)Nc1ccc(S(N)(=O)=O)cc1F. The number of nitrogens with one attached hydrogen (secondary N) is 1. The maximum atomic E-state index is 13.8. The minimum atomic E-state index is -3.96. The summed E-state index contributed by atoms with van der Waals surface area (Å²) < 4.78 is 36.1. The number of nitrogens with two attached hydrogens (primary N) is 1. The first kappa shape index (κ1) is 17.6. The first-order valence-corrected chi connectivity index (χ1v) is 8.47. The van der Waals surface area contributed by atoms with E-state index in [-0.39, 0.29) is 22.4 Å². The van der Waals surface area contributed by atoms with E-state index in [4.69, 9.17) is 5.14 Å². The van der Waals surface area contributed by atoms with E-state index in [1.165, 1.54) is 12.1 Å². The second-order valence-electron chi connectivity index (χ2n) is 4.95.